The highest BCUT2D eigenvalue weighted by atomic mass is 19.4. The van der Waals surface area contributed by atoms with E-state index in [1.807, 2.05) is 0 Å². The van der Waals surface area contributed by atoms with Crippen LogP contribution in [0.15, 0.2) is 42.5 Å². The predicted octanol–water partition coefficient (Wildman–Crippen LogP) is 3.30. The van der Waals surface area contributed by atoms with Crippen molar-refractivity contribution in [1.82, 2.24) is 5.32 Å². The second-order valence-electron chi connectivity index (χ2n) is 6.03. The van der Waals surface area contributed by atoms with Crippen LogP contribution in [-0.4, -0.2) is 24.8 Å². The Labute approximate surface area is 158 Å². The molecule has 0 bridgehead atoms. The van der Waals surface area contributed by atoms with E-state index in [0.717, 1.165) is 17.7 Å². The van der Waals surface area contributed by atoms with Gasteiger partial charge in [-0.2, -0.15) is 13.2 Å². The highest BCUT2D eigenvalue weighted by Crippen LogP contribution is 2.32. The van der Waals surface area contributed by atoms with Gasteiger partial charge in [-0.1, -0.05) is 12.1 Å². The third-order valence-electron chi connectivity index (χ3n) is 3.98. The zero-order valence-corrected chi connectivity index (χ0v) is 14.7. The number of hydrogen-bond acceptors (Lipinski definition) is 5. The lowest BCUT2D eigenvalue weighted by molar-refractivity contribution is -0.137. The van der Waals surface area contributed by atoms with Gasteiger partial charge < -0.3 is 19.5 Å². The van der Waals surface area contributed by atoms with Crippen molar-refractivity contribution in [1.29, 1.82) is 0 Å². The fourth-order valence-electron chi connectivity index (χ4n) is 2.49. The first kappa shape index (κ1) is 19.5. The molecular formula is C19H16F3NO5. The molecule has 0 spiro atoms. The Morgan fingerprint density at radius 2 is 1.89 bits per heavy atom. The van der Waals surface area contributed by atoms with Crippen LogP contribution in [0, 0.1) is 0 Å². The number of halogens is 3. The van der Waals surface area contributed by atoms with Crippen LogP contribution in [0.4, 0.5) is 13.2 Å². The number of carbonyl (C=O) groups is 2. The zero-order chi connectivity index (χ0) is 20.3. The molecule has 1 atom stereocenters. The third kappa shape index (κ3) is 4.54. The van der Waals surface area contributed by atoms with Crippen LogP contribution in [0.25, 0.3) is 0 Å². The Morgan fingerprint density at radius 1 is 1.14 bits per heavy atom. The summed E-state index contributed by atoms with van der Waals surface area (Å²) < 4.78 is 53.6. The summed E-state index contributed by atoms with van der Waals surface area (Å²) in [6.45, 7) is 1.62. The molecule has 9 heteroatoms. The predicted molar refractivity (Wildman–Crippen MR) is 90.7 cm³/mol. The average Bonchev–Trinajstić information content (AvgIpc) is 3.13. The van der Waals surface area contributed by atoms with Gasteiger partial charge in [0.25, 0.3) is 5.91 Å². The van der Waals surface area contributed by atoms with Crippen molar-refractivity contribution in [2.45, 2.75) is 25.7 Å². The van der Waals surface area contributed by atoms with Crippen molar-refractivity contribution in [3.05, 3.63) is 59.2 Å². The summed E-state index contributed by atoms with van der Waals surface area (Å²) in [5.74, 6) is -0.427. The van der Waals surface area contributed by atoms with Crippen LogP contribution in [0.1, 0.15) is 28.4 Å². The smallest absolute Gasteiger partial charge is 0.416 e. The number of carbonyl (C=O) groups excluding carboxylic acids is 2. The van der Waals surface area contributed by atoms with Crippen molar-refractivity contribution >= 4 is 11.9 Å². The molecule has 0 radical (unpaired) electrons. The van der Waals surface area contributed by atoms with E-state index in [2.05, 4.69) is 5.32 Å². The highest BCUT2D eigenvalue weighted by molar-refractivity contribution is 5.92. The molecule has 1 N–H and O–H groups in total. The van der Waals surface area contributed by atoms with Crippen molar-refractivity contribution in [2.75, 3.05) is 6.79 Å². The van der Waals surface area contributed by atoms with E-state index in [0.29, 0.717) is 17.6 Å². The van der Waals surface area contributed by atoms with Gasteiger partial charge in [0, 0.05) is 6.54 Å². The maximum Gasteiger partial charge on any atom is 0.416 e. The Kier molecular flexibility index (Phi) is 5.43. The minimum absolute atomic E-state index is 0.133. The molecule has 28 heavy (non-hydrogen) atoms. The fourth-order valence-corrected chi connectivity index (χ4v) is 2.49. The molecule has 0 fully saturated rings. The monoisotopic (exact) mass is 395 g/mol. The van der Waals surface area contributed by atoms with E-state index in [4.69, 9.17) is 14.2 Å². The second kappa shape index (κ2) is 7.79. The van der Waals surface area contributed by atoms with Gasteiger partial charge in [0.15, 0.2) is 17.6 Å². The lowest BCUT2D eigenvalue weighted by Crippen LogP contribution is -2.35. The molecule has 1 unspecified atom stereocenters. The highest BCUT2D eigenvalue weighted by Gasteiger charge is 2.31. The van der Waals surface area contributed by atoms with Gasteiger partial charge in [-0.05, 0) is 42.8 Å². The molecule has 1 aliphatic rings. The van der Waals surface area contributed by atoms with Crippen molar-refractivity contribution in [2.24, 2.45) is 0 Å². The standard InChI is InChI=1S/C19H16F3NO5/c1-11(28-18(25)13-3-2-4-14(8-13)19(20,21)22)17(24)23-9-12-5-6-15-16(7-12)27-10-26-15/h2-8,11H,9-10H2,1H3,(H,23,24). The van der Waals surface area contributed by atoms with Gasteiger partial charge in [0.05, 0.1) is 11.1 Å². The summed E-state index contributed by atoms with van der Waals surface area (Å²) in [4.78, 5) is 24.2. The Balaban J connectivity index is 1.56. The third-order valence-corrected chi connectivity index (χ3v) is 3.98. The summed E-state index contributed by atoms with van der Waals surface area (Å²) in [5, 5.41) is 2.59. The van der Waals surface area contributed by atoms with Gasteiger partial charge in [-0.15, -0.1) is 0 Å². The van der Waals surface area contributed by atoms with Crippen molar-refractivity contribution in [3.63, 3.8) is 0 Å². The average molecular weight is 395 g/mol. The summed E-state index contributed by atoms with van der Waals surface area (Å²) in [6.07, 6.45) is -5.76. The van der Waals surface area contributed by atoms with Crippen LogP contribution in [0.5, 0.6) is 11.5 Å². The van der Waals surface area contributed by atoms with E-state index in [1.165, 1.54) is 13.0 Å². The van der Waals surface area contributed by atoms with Crippen LogP contribution >= 0.6 is 0 Å². The summed E-state index contributed by atoms with van der Waals surface area (Å²) in [7, 11) is 0. The van der Waals surface area contributed by atoms with E-state index in [9.17, 15) is 22.8 Å². The number of fused-ring (bicyclic) bond motifs is 1. The molecule has 0 saturated heterocycles. The first-order valence-corrected chi connectivity index (χ1v) is 8.28. The molecule has 0 aliphatic carbocycles. The SMILES string of the molecule is CC(OC(=O)c1cccc(C(F)(F)F)c1)C(=O)NCc1ccc2c(c1)OCO2. The molecule has 148 valence electrons. The van der Waals surface area contributed by atoms with Gasteiger partial charge in [-0.25, -0.2) is 4.79 Å². The lowest BCUT2D eigenvalue weighted by atomic mass is 10.1. The van der Waals surface area contributed by atoms with Gasteiger partial charge in [0.1, 0.15) is 0 Å². The number of esters is 1. The number of amides is 1. The summed E-state index contributed by atoms with van der Waals surface area (Å²) >= 11 is 0. The molecule has 3 rings (SSSR count). The molecule has 1 amide bonds. The van der Waals surface area contributed by atoms with Crippen LogP contribution in [0.3, 0.4) is 0 Å². The van der Waals surface area contributed by atoms with E-state index in [-0.39, 0.29) is 18.9 Å². The Bertz CT molecular complexity index is 897. The van der Waals surface area contributed by atoms with Crippen LogP contribution < -0.4 is 14.8 Å². The molecule has 6 nitrogen and oxygen atoms in total. The second-order valence-corrected chi connectivity index (χ2v) is 6.03. The Hall–Kier alpha value is -3.23. The maximum absolute atomic E-state index is 12.7. The summed E-state index contributed by atoms with van der Waals surface area (Å²) in [6, 6.07) is 8.98. The largest absolute Gasteiger partial charge is 0.454 e. The molecule has 0 aromatic heterocycles. The maximum atomic E-state index is 12.7. The molecule has 1 aliphatic heterocycles. The summed E-state index contributed by atoms with van der Waals surface area (Å²) in [5.41, 5.74) is -0.513. The number of alkyl halides is 3. The normalized spacial score (nSPS) is 13.7. The van der Waals surface area contributed by atoms with Gasteiger partial charge in [0.2, 0.25) is 6.79 Å². The van der Waals surface area contributed by atoms with Gasteiger partial charge in [-0.3, -0.25) is 4.79 Å². The van der Waals surface area contributed by atoms with Crippen molar-refractivity contribution < 1.29 is 37.0 Å². The molecular weight excluding hydrogens is 379 g/mol. The van der Waals surface area contributed by atoms with E-state index < -0.39 is 29.7 Å². The first-order chi connectivity index (χ1) is 13.2. The minimum Gasteiger partial charge on any atom is -0.454 e. The van der Waals surface area contributed by atoms with Crippen LogP contribution in [-0.2, 0) is 22.3 Å². The number of rotatable bonds is 5. The van der Waals surface area contributed by atoms with Gasteiger partial charge >= 0.3 is 12.1 Å². The lowest BCUT2D eigenvalue weighted by Gasteiger charge is -2.14. The number of hydrogen-bond donors (Lipinski definition) is 1. The minimum atomic E-state index is -4.58. The van der Waals surface area contributed by atoms with E-state index >= 15 is 0 Å². The first-order valence-electron chi connectivity index (χ1n) is 8.28. The number of nitrogens with one attached hydrogen (secondary N) is 1. The van der Waals surface area contributed by atoms with Crippen LogP contribution in [0.2, 0.25) is 0 Å². The number of ether oxygens (including phenoxy) is 3. The molecule has 2 aromatic carbocycles. The molecule has 2 aromatic rings. The quantitative estimate of drug-likeness (QED) is 0.787. The molecule has 0 saturated carbocycles. The van der Waals surface area contributed by atoms with Crippen molar-refractivity contribution in [3.8, 4) is 11.5 Å². The number of benzene rings is 2. The topological polar surface area (TPSA) is 73.9 Å². The molecule has 1 heterocycles. The van der Waals surface area contributed by atoms with E-state index in [1.54, 1.807) is 18.2 Å². The fraction of sp³-hybridized carbons (Fsp3) is 0.263. The Morgan fingerprint density at radius 3 is 2.64 bits per heavy atom. The zero-order valence-electron chi connectivity index (χ0n) is 14.7.